The van der Waals surface area contributed by atoms with Gasteiger partial charge < -0.3 is 15.8 Å². The van der Waals surface area contributed by atoms with Crippen LogP contribution < -0.4 is 11.1 Å². The van der Waals surface area contributed by atoms with Gasteiger partial charge in [-0.25, -0.2) is 4.99 Å². The number of nitrogens with two attached hydrogens (primary N) is 1. The number of hydrogen-bond donors (Lipinski definition) is 2. The third-order valence-corrected chi connectivity index (χ3v) is 5.13. The van der Waals surface area contributed by atoms with E-state index in [2.05, 4.69) is 28.5 Å². The van der Waals surface area contributed by atoms with Crippen molar-refractivity contribution in [3.8, 4) is 0 Å². The van der Waals surface area contributed by atoms with Gasteiger partial charge in [0.2, 0.25) is 0 Å². The number of ether oxygens (including phenoxy) is 1. The summed E-state index contributed by atoms with van der Waals surface area (Å²) in [7, 11) is 0. The zero-order valence-corrected chi connectivity index (χ0v) is 16.2. The van der Waals surface area contributed by atoms with E-state index in [0.29, 0.717) is 5.96 Å². The topological polar surface area (TPSA) is 76.7 Å². The first-order chi connectivity index (χ1) is 12.3. The summed E-state index contributed by atoms with van der Waals surface area (Å²) in [5, 5.41) is 3.22. The van der Waals surface area contributed by atoms with E-state index in [1.54, 1.807) is 0 Å². The normalized spacial score (nSPS) is 23.4. The van der Waals surface area contributed by atoms with E-state index >= 15 is 0 Å². The maximum Gasteiger partial charge on any atom is 0.309 e. The minimum absolute atomic E-state index is 0.00781. The Morgan fingerprint density at radius 3 is 2.54 bits per heavy atom. The number of guanidine groups is 1. The quantitative estimate of drug-likeness (QED) is 0.490. The fourth-order valence-electron chi connectivity index (χ4n) is 3.85. The van der Waals surface area contributed by atoms with E-state index in [4.69, 9.17) is 10.5 Å². The monoisotopic (exact) mass is 357 g/mol. The van der Waals surface area contributed by atoms with Gasteiger partial charge in [0.1, 0.15) is 5.60 Å². The number of esters is 1. The molecule has 0 radical (unpaired) electrons. The van der Waals surface area contributed by atoms with Crippen LogP contribution in [0.3, 0.4) is 0 Å². The highest BCUT2D eigenvalue weighted by Gasteiger charge is 2.29. The van der Waals surface area contributed by atoms with E-state index in [1.807, 2.05) is 20.8 Å². The molecule has 1 saturated carbocycles. The molecule has 2 aliphatic rings. The van der Waals surface area contributed by atoms with Crippen molar-refractivity contribution in [2.75, 3.05) is 5.32 Å². The minimum atomic E-state index is -0.420. The van der Waals surface area contributed by atoms with Gasteiger partial charge in [-0.05, 0) is 89.0 Å². The van der Waals surface area contributed by atoms with Crippen molar-refractivity contribution >= 4 is 17.6 Å². The molecule has 3 rings (SSSR count). The zero-order valence-electron chi connectivity index (χ0n) is 16.2. The Bertz CT molecular complexity index is 683. The number of carbonyl (C=O) groups excluding carboxylic acids is 1. The highest BCUT2D eigenvalue weighted by atomic mass is 16.6. The summed E-state index contributed by atoms with van der Waals surface area (Å²) < 4.78 is 5.50. The minimum Gasteiger partial charge on any atom is -0.460 e. The largest absolute Gasteiger partial charge is 0.460 e. The number of aliphatic imine (C=N–C) groups is 1. The predicted octanol–water partition coefficient (Wildman–Crippen LogP) is 3.80. The van der Waals surface area contributed by atoms with Crippen molar-refractivity contribution in [3.63, 3.8) is 0 Å². The Morgan fingerprint density at radius 1 is 1.15 bits per heavy atom. The smallest absolute Gasteiger partial charge is 0.309 e. The van der Waals surface area contributed by atoms with Gasteiger partial charge in [0, 0.05) is 5.69 Å². The van der Waals surface area contributed by atoms with Gasteiger partial charge in [0.15, 0.2) is 5.96 Å². The Hall–Kier alpha value is -2.04. The summed E-state index contributed by atoms with van der Waals surface area (Å²) in [6, 6.07) is 6.62. The lowest BCUT2D eigenvalue weighted by Gasteiger charge is -2.28. The van der Waals surface area contributed by atoms with Gasteiger partial charge in [-0.1, -0.05) is 6.07 Å². The first-order valence-electron chi connectivity index (χ1n) is 9.75. The molecule has 1 aromatic carbocycles. The summed E-state index contributed by atoms with van der Waals surface area (Å²) in [5.41, 5.74) is 9.56. The number of nitrogens with zero attached hydrogens (tertiary/aromatic N) is 1. The molecule has 0 saturated heterocycles. The summed E-state index contributed by atoms with van der Waals surface area (Å²) in [5.74, 6) is 0.374. The second-order valence-corrected chi connectivity index (χ2v) is 8.52. The maximum atomic E-state index is 12.2. The Labute approximate surface area is 156 Å². The molecule has 3 N–H and O–H groups in total. The summed E-state index contributed by atoms with van der Waals surface area (Å²) in [6.07, 6.45) is 6.94. The van der Waals surface area contributed by atoms with Gasteiger partial charge >= 0.3 is 5.97 Å². The number of hydrogen-bond acceptors (Lipinski definition) is 3. The average Bonchev–Trinajstić information content (AvgIpc) is 3.01. The Morgan fingerprint density at radius 2 is 1.85 bits per heavy atom. The van der Waals surface area contributed by atoms with Crippen LogP contribution in [0, 0.1) is 5.92 Å². The van der Waals surface area contributed by atoms with Crippen LogP contribution in [0.25, 0.3) is 0 Å². The molecule has 1 fully saturated rings. The lowest BCUT2D eigenvalue weighted by Crippen LogP contribution is -2.32. The van der Waals surface area contributed by atoms with Crippen LogP contribution in [-0.2, 0) is 22.4 Å². The van der Waals surface area contributed by atoms with Crippen molar-refractivity contribution in [1.29, 1.82) is 0 Å². The van der Waals surface area contributed by atoms with Crippen LogP contribution >= 0.6 is 0 Å². The predicted molar refractivity (Wildman–Crippen MR) is 105 cm³/mol. The SMILES string of the molecule is CC(C)(C)OC(=O)C1CCC(N=C(N)Nc2ccc3c(c2)CCC3)CC1. The molecule has 0 bridgehead atoms. The molecule has 26 heavy (non-hydrogen) atoms. The molecule has 5 nitrogen and oxygen atoms in total. The van der Waals surface area contributed by atoms with Crippen molar-refractivity contribution in [2.45, 2.75) is 77.4 Å². The maximum absolute atomic E-state index is 12.2. The first-order valence-corrected chi connectivity index (χ1v) is 9.75. The molecule has 0 aromatic heterocycles. The molecule has 0 heterocycles. The number of benzene rings is 1. The Kier molecular flexibility index (Phi) is 5.54. The van der Waals surface area contributed by atoms with E-state index in [9.17, 15) is 4.79 Å². The molecule has 0 unspecified atom stereocenters. The molecule has 0 amide bonds. The lowest BCUT2D eigenvalue weighted by atomic mass is 9.86. The molecule has 0 spiro atoms. The molecule has 0 aliphatic heterocycles. The van der Waals surface area contributed by atoms with E-state index in [-0.39, 0.29) is 17.9 Å². The van der Waals surface area contributed by atoms with Crippen LogP contribution in [0.4, 0.5) is 5.69 Å². The fourth-order valence-corrected chi connectivity index (χ4v) is 3.85. The van der Waals surface area contributed by atoms with E-state index in [1.165, 1.54) is 24.0 Å². The van der Waals surface area contributed by atoms with Gasteiger partial charge in [-0.2, -0.15) is 0 Å². The Balaban J connectivity index is 1.51. The van der Waals surface area contributed by atoms with Gasteiger partial charge in [0.25, 0.3) is 0 Å². The molecule has 2 aliphatic carbocycles. The molecule has 142 valence electrons. The number of nitrogens with one attached hydrogen (secondary N) is 1. The summed E-state index contributed by atoms with van der Waals surface area (Å²) in [6.45, 7) is 5.73. The fraction of sp³-hybridized carbons (Fsp3) is 0.619. The number of aryl methyl sites for hydroxylation is 2. The second-order valence-electron chi connectivity index (χ2n) is 8.52. The number of fused-ring (bicyclic) bond motifs is 1. The van der Waals surface area contributed by atoms with Gasteiger partial charge in [-0.3, -0.25) is 4.79 Å². The van der Waals surface area contributed by atoms with Crippen LogP contribution in [0.1, 0.15) is 64.0 Å². The van der Waals surface area contributed by atoms with Crippen molar-refractivity contribution in [1.82, 2.24) is 0 Å². The van der Waals surface area contributed by atoms with Crippen LogP contribution in [-0.4, -0.2) is 23.6 Å². The second kappa shape index (κ2) is 7.68. The molecule has 1 aromatic rings. The van der Waals surface area contributed by atoms with E-state index < -0.39 is 5.60 Å². The third-order valence-electron chi connectivity index (χ3n) is 5.13. The van der Waals surface area contributed by atoms with Gasteiger partial charge in [0.05, 0.1) is 12.0 Å². The van der Waals surface area contributed by atoms with Crippen molar-refractivity contribution in [3.05, 3.63) is 29.3 Å². The van der Waals surface area contributed by atoms with Crippen LogP contribution in [0.15, 0.2) is 23.2 Å². The highest BCUT2D eigenvalue weighted by molar-refractivity contribution is 5.92. The molecular weight excluding hydrogens is 326 g/mol. The molecule has 5 heteroatoms. The standard InChI is InChI=1S/C21H31N3O2/c1-21(2,3)26-19(25)15-8-10-17(11-9-15)23-20(22)24-18-12-7-14-5-4-6-16(14)13-18/h7,12-13,15,17H,4-6,8-11H2,1-3H3,(H3,22,23,24). The first kappa shape index (κ1) is 18.7. The zero-order chi connectivity index (χ0) is 18.7. The lowest BCUT2D eigenvalue weighted by molar-refractivity contribution is -0.161. The van der Waals surface area contributed by atoms with Gasteiger partial charge in [-0.15, -0.1) is 0 Å². The van der Waals surface area contributed by atoms with Crippen LogP contribution in [0.5, 0.6) is 0 Å². The summed E-state index contributed by atoms with van der Waals surface area (Å²) >= 11 is 0. The van der Waals surface area contributed by atoms with E-state index in [0.717, 1.165) is 37.8 Å². The van der Waals surface area contributed by atoms with Crippen molar-refractivity contribution < 1.29 is 9.53 Å². The summed E-state index contributed by atoms with van der Waals surface area (Å²) in [4.78, 5) is 16.8. The number of carbonyl (C=O) groups is 1. The molecule has 0 atom stereocenters. The number of anilines is 1. The average molecular weight is 357 g/mol. The molecular formula is C21H31N3O2. The highest BCUT2D eigenvalue weighted by Crippen LogP contribution is 2.29. The number of rotatable bonds is 3. The van der Waals surface area contributed by atoms with Crippen molar-refractivity contribution in [2.24, 2.45) is 16.6 Å². The third kappa shape index (κ3) is 4.99. The van der Waals surface area contributed by atoms with Crippen LogP contribution in [0.2, 0.25) is 0 Å².